The number of ether oxygens (including phenoxy) is 1. The first-order valence-corrected chi connectivity index (χ1v) is 6.50. The maximum atomic E-state index is 12.6. The van der Waals surface area contributed by atoms with Crippen LogP contribution in [-0.4, -0.2) is 16.7 Å². The number of aromatic amines is 1. The van der Waals surface area contributed by atoms with Gasteiger partial charge in [0.25, 0.3) is 5.56 Å². The van der Waals surface area contributed by atoms with E-state index in [4.69, 9.17) is 17.0 Å². The number of benzene rings is 2. The Balaban J connectivity index is 2.43. The fraction of sp³-hybridized carbons (Fsp3) is 0.0667. The maximum Gasteiger partial charge on any atom is 0.266 e. The molecule has 0 bridgehead atoms. The van der Waals surface area contributed by atoms with Crippen molar-refractivity contribution in [2.75, 3.05) is 7.11 Å². The van der Waals surface area contributed by atoms with Crippen LogP contribution in [0.2, 0.25) is 0 Å². The van der Waals surface area contributed by atoms with Gasteiger partial charge in [-0.3, -0.25) is 4.79 Å². The molecule has 0 saturated carbocycles. The van der Waals surface area contributed by atoms with Gasteiger partial charge in [-0.15, -0.1) is 0 Å². The molecule has 20 heavy (non-hydrogen) atoms. The van der Waals surface area contributed by atoms with Crippen LogP contribution < -0.4 is 10.3 Å². The molecule has 100 valence electrons. The number of methoxy groups -OCH3 is 1. The summed E-state index contributed by atoms with van der Waals surface area (Å²) in [4.78, 5) is 15.7. The molecule has 5 heteroatoms. The minimum atomic E-state index is -0.158. The Morgan fingerprint density at radius 2 is 1.80 bits per heavy atom. The van der Waals surface area contributed by atoms with Crippen molar-refractivity contribution in [1.29, 1.82) is 0 Å². The van der Waals surface area contributed by atoms with Crippen molar-refractivity contribution in [1.82, 2.24) is 9.55 Å². The highest BCUT2D eigenvalue weighted by Crippen LogP contribution is 2.21. The molecule has 0 aliphatic heterocycles. The highest BCUT2D eigenvalue weighted by Gasteiger charge is 2.10. The number of hydrogen-bond donors (Lipinski definition) is 1. The summed E-state index contributed by atoms with van der Waals surface area (Å²) in [6.07, 6.45) is 0. The van der Waals surface area contributed by atoms with Crippen molar-refractivity contribution < 1.29 is 4.74 Å². The van der Waals surface area contributed by atoms with Crippen molar-refractivity contribution in [3.8, 4) is 11.4 Å². The highest BCUT2D eigenvalue weighted by atomic mass is 32.1. The van der Waals surface area contributed by atoms with E-state index in [0.29, 0.717) is 21.6 Å². The molecule has 2 aromatic carbocycles. The molecular formula is C15H12N2O2S. The first-order chi connectivity index (χ1) is 9.72. The normalized spacial score (nSPS) is 10.7. The van der Waals surface area contributed by atoms with Gasteiger partial charge in [0.15, 0.2) is 4.77 Å². The third kappa shape index (κ3) is 1.92. The van der Waals surface area contributed by atoms with Gasteiger partial charge in [-0.05, 0) is 36.5 Å². The molecule has 0 atom stereocenters. The number of rotatable bonds is 2. The first-order valence-electron chi connectivity index (χ1n) is 6.10. The van der Waals surface area contributed by atoms with E-state index in [-0.39, 0.29) is 5.56 Å². The van der Waals surface area contributed by atoms with Crippen LogP contribution in [0.4, 0.5) is 0 Å². The molecule has 1 N–H and O–H groups in total. The lowest BCUT2D eigenvalue weighted by Gasteiger charge is -2.11. The second-order valence-electron chi connectivity index (χ2n) is 4.29. The van der Waals surface area contributed by atoms with E-state index < -0.39 is 0 Å². The van der Waals surface area contributed by atoms with E-state index in [1.165, 1.54) is 4.57 Å². The zero-order valence-electron chi connectivity index (χ0n) is 10.8. The molecule has 0 unspecified atom stereocenters. The molecule has 0 radical (unpaired) electrons. The van der Waals surface area contributed by atoms with E-state index in [0.717, 1.165) is 5.52 Å². The van der Waals surface area contributed by atoms with Gasteiger partial charge >= 0.3 is 0 Å². The summed E-state index contributed by atoms with van der Waals surface area (Å²) in [6.45, 7) is 0. The van der Waals surface area contributed by atoms with Crippen LogP contribution in [0.15, 0.2) is 53.3 Å². The van der Waals surface area contributed by atoms with Gasteiger partial charge < -0.3 is 9.72 Å². The van der Waals surface area contributed by atoms with E-state index >= 15 is 0 Å². The molecule has 4 nitrogen and oxygen atoms in total. The Bertz CT molecular complexity index is 896. The first kappa shape index (κ1) is 12.6. The molecule has 3 rings (SSSR count). The Kier molecular flexibility index (Phi) is 3.12. The van der Waals surface area contributed by atoms with Crippen molar-refractivity contribution in [2.45, 2.75) is 0 Å². The fourth-order valence-electron chi connectivity index (χ4n) is 2.20. The lowest BCUT2D eigenvalue weighted by Crippen LogP contribution is -2.20. The van der Waals surface area contributed by atoms with Gasteiger partial charge in [0.05, 0.1) is 23.7 Å². The Morgan fingerprint density at radius 1 is 1.10 bits per heavy atom. The van der Waals surface area contributed by atoms with Crippen molar-refractivity contribution >= 4 is 23.1 Å². The fourth-order valence-corrected chi connectivity index (χ4v) is 2.49. The number of para-hydroxylation sites is 3. The summed E-state index contributed by atoms with van der Waals surface area (Å²) in [5, 5.41) is 0.590. The highest BCUT2D eigenvalue weighted by molar-refractivity contribution is 7.71. The number of H-pyrrole nitrogens is 1. The van der Waals surface area contributed by atoms with Crippen LogP contribution in [0.1, 0.15) is 0 Å². The van der Waals surface area contributed by atoms with E-state index in [2.05, 4.69) is 4.98 Å². The smallest absolute Gasteiger partial charge is 0.266 e. The Hall–Kier alpha value is -2.40. The predicted molar refractivity (Wildman–Crippen MR) is 81.3 cm³/mol. The summed E-state index contributed by atoms with van der Waals surface area (Å²) < 4.78 is 7.10. The zero-order valence-corrected chi connectivity index (χ0v) is 11.6. The molecule has 0 fully saturated rings. The second-order valence-corrected chi connectivity index (χ2v) is 4.67. The third-order valence-electron chi connectivity index (χ3n) is 3.13. The molecular weight excluding hydrogens is 272 g/mol. The maximum absolute atomic E-state index is 12.6. The molecule has 0 aliphatic rings. The Labute approximate surface area is 120 Å². The van der Waals surface area contributed by atoms with Crippen LogP contribution in [0, 0.1) is 4.77 Å². The van der Waals surface area contributed by atoms with Crippen LogP contribution >= 0.6 is 12.2 Å². The zero-order chi connectivity index (χ0) is 14.1. The van der Waals surface area contributed by atoms with E-state index in [1.807, 2.05) is 30.3 Å². The molecule has 0 amide bonds. The quantitative estimate of drug-likeness (QED) is 0.736. The van der Waals surface area contributed by atoms with Crippen molar-refractivity contribution in [2.24, 2.45) is 0 Å². The summed E-state index contributed by atoms with van der Waals surface area (Å²) in [7, 11) is 1.57. The minimum absolute atomic E-state index is 0.158. The number of nitrogens with one attached hydrogen (secondary N) is 1. The lowest BCUT2D eigenvalue weighted by atomic mass is 10.2. The number of hydrogen-bond acceptors (Lipinski definition) is 3. The number of aromatic nitrogens is 2. The average Bonchev–Trinajstić information content (AvgIpc) is 2.48. The molecule has 0 aliphatic carbocycles. The topological polar surface area (TPSA) is 47.0 Å². The molecule has 0 saturated heterocycles. The van der Waals surface area contributed by atoms with Crippen molar-refractivity contribution in [3.05, 3.63) is 63.7 Å². The van der Waals surface area contributed by atoms with Gasteiger partial charge in [-0.25, -0.2) is 4.57 Å². The number of fused-ring (bicyclic) bond motifs is 1. The molecule has 3 aromatic rings. The monoisotopic (exact) mass is 284 g/mol. The Morgan fingerprint density at radius 3 is 2.60 bits per heavy atom. The van der Waals surface area contributed by atoms with Crippen LogP contribution in [0.25, 0.3) is 16.6 Å². The molecule has 1 aromatic heterocycles. The molecule has 1 heterocycles. The van der Waals surface area contributed by atoms with Gasteiger partial charge in [0.2, 0.25) is 0 Å². The van der Waals surface area contributed by atoms with Gasteiger partial charge in [-0.1, -0.05) is 24.3 Å². The number of nitrogens with zero attached hydrogens (tertiary/aromatic N) is 1. The largest absolute Gasteiger partial charge is 0.495 e. The third-order valence-corrected chi connectivity index (χ3v) is 3.42. The van der Waals surface area contributed by atoms with Crippen LogP contribution in [-0.2, 0) is 0 Å². The lowest BCUT2D eigenvalue weighted by molar-refractivity contribution is 0.412. The average molecular weight is 284 g/mol. The molecule has 0 spiro atoms. The van der Waals surface area contributed by atoms with Gasteiger partial charge in [0, 0.05) is 0 Å². The summed E-state index contributed by atoms with van der Waals surface area (Å²) in [6, 6.07) is 14.6. The summed E-state index contributed by atoms with van der Waals surface area (Å²) in [5.41, 5.74) is 1.20. The summed E-state index contributed by atoms with van der Waals surface area (Å²) in [5.74, 6) is 0.601. The minimum Gasteiger partial charge on any atom is -0.495 e. The SMILES string of the molecule is COc1ccccc1-n1c(=S)[nH]c2ccccc2c1=O. The van der Waals surface area contributed by atoms with Crippen molar-refractivity contribution in [3.63, 3.8) is 0 Å². The van der Waals surface area contributed by atoms with E-state index in [9.17, 15) is 4.79 Å². The van der Waals surface area contributed by atoms with Crippen LogP contribution in [0.5, 0.6) is 5.75 Å². The summed E-state index contributed by atoms with van der Waals surface area (Å²) >= 11 is 5.31. The standard InChI is InChI=1S/C15H12N2O2S/c1-19-13-9-5-4-8-12(13)17-14(18)10-6-2-3-7-11(10)16-15(17)20/h2-9H,1H3,(H,16,20). The van der Waals surface area contributed by atoms with Gasteiger partial charge in [-0.2, -0.15) is 0 Å². The predicted octanol–water partition coefficient (Wildman–Crippen LogP) is 3.06. The second kappa shape index (κ2) is 4.94. The van der Waals surface area contributed by atoms with Gasteiger partial charge in [0.1, 0.15) is 5.75 Å². The van der Waals surface area contributed by atoms with Crippen LogP contribution in [0.3, 0.4) is 0 Å². The van der Waals surface area contributed by atoms with E-state index in [1.54, 1.807) is 25.3 Å².